The third-order valence-electron chi connectivity index (χ3n) is 3.11. The van der Waals surface area contributed by atoms with Gasteiger partial charge in [0.25, 0.3) is 0 Å². The Bertz CT molecular complexity index is 769. The zero-order chi connectivity index (χ0) is 13.1. The molecule has 0 saturated carbocycles. The van der Waals surface area contributed by atoms with Gasteiger partial charge in [-0.15, -0.1) is 0 Å². The second-order valence-corrected chi connectivity index (χ2v) is 4.53. The third kappa shape index (κ3) is 2.48. The van der Waals surface area contributed by atoms with Crippen molar-refractivity contribution in [3.8, 4) is 11.8 Å². The van der Waals surface area contributed by atoms with Crippen LogP contribution in [0.4, 0.5) is 0 Å². The predicted octanol–water partition coefficient (Wildman–Crippen LogP) is 3.06. The van der Waals surface area contributed by atoms with E-state index >= 15 is 0 Å². The Labute approximate surface area is 113 Å². The molecular formula is C18H14N+. The summed E-state index contributed by atoms with van der Waals surface area (Å²) in [7, 11) is 2.00. The van der Waals surface area contributed by atoms with Crippen molar-refractivity contribution in [2.24, 2.45) is 7.05 Å². The minimum atomic E-state index is 1.03. The summed E-state index contributed by atoms with van der Waals surface area (Å²) in [6.45, 7) is 0. The van der Waals surface area contributed by atoms with Gasteiger partial charge in [-0.1, -0.05) is 48.2 Å². The van der Waals surface area contributed by atoms with Gasteiger partial charge in [0.2, 0.25) is 0 Å². The van der Waals surface area contributed by atoms with Crippen molar-refractivity contribution in [2.75, 3.05) is 0 Å². The Morgan fingerprint density at radius 2 is 1.53 bits per heavy atom. The lowest BCUT2D eigenvalue weighted by Gasteiger charge is -1.99. The second-order valence-electron chi connectivity index (χ2n) is 4.53. The van der Waals surface area contributed by atoms with Crippen molar-refractivity contribution < 1.29 is 4.57 Å². The van der Waals surface area contributed by atoms with E-state index < -0.39 is 0 Å². The molecule has 0 spiro atoms. The van der Waals surface area contributed by atoms with E-state index in [0.717, 1.165) is 11.1 Å². The van der Waals surface area contributed by atoms with Gasteiger partial charge >= 0.3 is 0 Å². The van der Waals surface area contributed by atoms with Gasteiger partial charge in [0, 0.05) is 23.3 Å². The maximum absolute atomic E-state index is 3.26. The Hall–Kier alpha value is -2.59. The number of aromatic nitrogens is 1. The average Bonchev–Trinajstić information content (AvgIpc) is 2.47. The minimum absolute atomic E-state index is 1.03. The molecule has 1 aromatic heterocycles. The van der Waals surface area contributed by atoms with Gasteiger partial charge in [-0.3, -0.25) is 0 Å². The highest BCUT2D eigenvalue weighted by atomic mass is 14.9. The van der Waals surface area contributed by atoms with Gasteiger partial charge in [-0.2, -0.15) is 0 Å². The molecule has 0 N–H and O–H groups in total. The van der Waals surface area contributed by atoms with Gasteiger partial charge < -0.3 is 0 Å². The van der Waals surface area contributed by atoms with E-state index in [4.69, 9.17) is 0 Å². The summed E-state index contributed by atoms with van der Waals surface area (Å²) in [4.78, 5) is 0. The highest BCUT2D eigenvalue weighted by Crippen LogP contribution is 2.17. The molecular weight excluding hydrogens is 230 g/mol. The van der Waals surface area contributed by atoms with Crippen molar-refractivity contribution >= 4 is 10.8 Å². The molecule has 0 aliphatic carbocycles. The molecule has 0 unspecified atom stereocenters. The molecule has 0 aliphatic rings. The molecule has 0 amide bonds. The van der Waals surface area contributed by atoms with E-state index in [1.165, 1.54) is 10.8 Å². The van der Waals surface area contributed by atoms with Gasteiger partial charge in [0.15, 0.2) is 12.4 Å². The second kappa shape index (κ2) is 4.96. The van der Waals surface area contributed by atoms with Crippen LogP contribution in [-0.2, 0) is 7.05 Å². The summed E-state index contributed by atoms with van der Waals surface area (Å²) in [6, 6.07) is 18.6. The monoisotopic (exact) mass is 244 g/mol. The van der Waals surface area contributed by atoms with E-state index in [9.17, 15) is 0 Å². The summed E-state index contributed by atoms with van der Waals surface area (Å²) in [5.74, 6) is 6.48. The predicted molar refractivity (Wildman–Crippen MR) is 77.5 cm³/mol. The largest absolute Gasteiger partial charge is 0.208 e. The van der Waals surface area contributed by atoms with Crippen LogP contribution in [0.2, 0.25) is 0 Å². The molecule has 19 heavy (non-hydrogen) atoms. The van der Waals surface area contributed by atoms with E-state index in [1.807, 2.05) is 36.1 Å². The number of fused-ring (bicyclic) bond motifs is 1. The molecule has 3 aromatic rings. The summed E-state index contributed by atoms with van der Waals surface area (Å²) in [5.41, 5.74) is 2.11. The number of benzene rings is 2. The van der Waals surface area contributed by atoms with Crippen LogP contribution in [0.1, 0.15) is 11.1 Å². The Morgan fingerprint density at radius 1 is 0.789 bits per heavy atom. The first-order chi connectivity index (χ1) is 9.33. The molecule has 0 aliphatic heterocycles. The first-order valence-corrected chi connectivity index (χ1v) is 6.28. The zero-order valence-electron chi connectivity index (χ0n) is 10.8. The Balaban J connectivity index is 2.05. The number of hydrogen-bond donors (Lipinski definition) is 0. The third-order valence-corrected chi connectivity index (χ3v) is 3.11. The van der Waals surface area contributed by atoms with Crippen molar-refractivity contribution in [3.05, 3.63) is 78.1 Å². The normalized spacial score (nSPS) is 9.95. The molecule has 90 valence electrons. The molecule has 2 aromatic carbocycles. The molecule has 0 fully saturated rings. The van der Waals surface area contributed by atoms with E-state index in [0.29, 0.717) is 0 Å². The first kappa shape index (κ1) is 11.5. The highest BCUT2D eigenvalue weighted by Gasteiger charge is 1.96. The number of aryl methyl sites for hydroxylation is 1. The van der Waals surface area contributed by atoms with Crippen LogP contribution in [0.3, 0.4) is 0 Å². The average molecular weight is 244 g/mol. The first-order valence-electron chi connectivity index (χ1n) is 6.28. The summed E-state index contributed by atoms with van der Waals surface area (Å²) >= 11 is 0. The molecule has 1 nitrogen and oxygen atoms in total. The van der Waals surface area contributed by atoms with Crippen LogP contribution in [-0.4, -0.2) is 0 Å². The highest BCUT2D eigenvalue weighted by molar-refractivity contribution is 5.88. The lowest BCUT2D eigenvalue weighted by atomic mass is 10.0. The minimum Gasteiger partial charge on any atom is -0.208 e. The molecule has 1 heteroatoms. The fourth-order valence-electron chi connectivity index (χ4n) is 2.06. The number of hydrogen-bond acceptors (Lipinski definition) is 0. The summed E-state index contributed by atoms with van der Waals surface area (Å²) < 4.78 is 2.00. The van der Waals surface area contributed by atoms with Gasteiger partial charge in [0.1, 0.15) is 7.05 Å². The number of nitrogens with zero attached hydrogens (tertiary/aromatic N) is 1. The maximum Gasteiger partial charge on any atom is 0.169 e. The molecule has 0 atom stereocenters. The van der Waals surface area contributed by atoms with Crippen molar-refractivity contribution in [1.29, 1.82) is 0 Å². The summed E-state index contributed by atoms with van der Waals surface area (Å²) in [6.07, 6.45) is 4.01. The van der Waals surface area contributed by atoms with Crippen molar-refractivity contribution in [3.63, 3.8) is 0 Å². The van der Waals surface area contributed by atoms with Crippen LogP contribution in [0.15, 0.2) is 67.0 Å². The van der Waals surface area contributed by atoms with Crippen LogP contribution in [0.25, 0.3) is 10.8 Å². The van der Waals surface area contributed by atoms with Crippen molar-refractivity contribution in [1.82, 2.24) is 0 Å². The molecule has 0 saturated heterocycles. The van der Waals surface area contributed by atoms with Gasteiger partial charge in [-0.05, 0) is 16.8 Å². The van der Waals surface area contributed by atoms with Gasteiger partial charge in [0.05, 0.1) is 0 Å². The fraction of sp³-hybridized carbons (Fsp3) is 0.0556. The van der Waals surface area contributed by atoms with Gasteiger partial charge in [-0.25, -0.2) is 4.57 Å². The summed E-state index contributed by atoms with van der Waals surface area (Å²) in [5, 5.41) is 2.44. The van der Waals surface area contributed by atoms with E-state index in [1.54, 1.807) is 0 Å². The number of rotatable bonds is 0. The fourth-order valence-corrected chi connectivity index (χ4v) is 2.06. The van der Waals surface area contributed by atoms with Crippen LogP contribution >= 0.6 is 0 Å². The topological polar surface area (TPSA) is 3.88 Å². The molecule has 1 heterocycles. The molecule has 0 bridgehead atoms. The molecule has 3 rings (SSSR count). The SMILES string of the molecule is C[n+]1ccc(C#Cc2cccc3ccccc23)cc1. The maximum atomic E-state index is 3.26. The van der Waals surface area contributed by atoms with Crippen molar-refractivity contribution in [2.45, 2.75) is 0 Å². The lowest BCUT2D eigenvalue weighted by Crippen LogP contribution is -2.25. The Morgan fingerprint density at radius 3 is 2.37 bits per heavy atom. The number of pyridine rings is 1. The van der Waals surface area contributed by atoms with E-state index in [-0.39, 0.29) is 0 Å². The smallest absolute Gasteiger partial charge is 0.169 e. The van der Waals surface area contributed by atoms with Crippen LogP contribution < -0.4 is 4.57 Å². The standard InChI is InChI=1S/C18H14N/c1-19-13-11-15(12-14-19)9-10-17-7-4-6-16-5-2-3-8-18(16)17/h2-8,11-14H,1H3/q+1. The van der Waals surface area contributed by atoms with Crippen LogP contribution in [0.5, 0.6) is 0 Å². The molecule has 0 radical (unpaired) electrons. The quantitative estimate of drug-likeness (QED) is 0.423. The zero-order valence-corrected chi connectivity index (χ0v) is 10.8. The van der Waals surface area contributed by atoms with E-state index in [2.05, 4.69) is 54.3 Å². The Kier molecular flexibility index (Phi) is 3.00. The lowest BCUT2D eigenvalue weighted by molar-refractivity contribution is -0.671. The van der Waals surface area contributed by atoms with Crippen LogP contribution in [0, 0.1) is 11.8 Å².